The highest BCUT2D eigenvalue weighted by molar-refractivity contribution is 7.89. The van der Waals surface area contributed by atoms with Crippen LogP contribution in [0.4, 0.5) is 0 Å². The smallest absolute Gasteiger partial charge is 0.159 e. The van der Waals surface area contributed by atoms with E-state index >= 15 is 0 Å². The Labute approximate surface area is 88.9 Å². The zero-order valence-electron chi connectivity index (χ0n) is 9.01. The molecule has 0 radical (unpaired) electrons. The van der Waals surface area contributed by atoms with Gasteiger partial charge in [0.2, 0.25) is 0 Å². The first-order valence-electron chi connectivity index (χ1n) is 4.56. The minimum absolute atomic E-state index is 0.0268. The Morgan fingerprint density at radius 2 is 1.87 bits per heavy atom. The number of hydrogen-bond donors (Lipinski definition) is 1. The average Bonchev–Trinajstić information content (AvgIpc) is 2.44. The van der Waals surface area contributed by atoms with Crippen LogP contribution in [0.2, 0.25) is 0 Å². The highest BCUT2D eigenvalue weighted by Crippen LogP contribution is 2.13. The van der Waals surface area contributed by atoms with Gasteiger partial charge < -0.3 is 9.67 Å². The van der Waals surface area contributed by atoms with Crippen molar-refractivity contribution in [2.75, 3.05) is 6.26 Å². The van der Waals surface area contributed by atoms with Crippen LogP contribution in [0.1, 0.15) is 31.5 Å². The molecule has 0 unspecified atom stereocenters. The predicted molar refractivity (Wildman–Crippen MR) is 54.9 cm³/mol. The van der Waals surface area contributed by atoms with Crippen molar-refractivity contribution in [1.29, 1.82) is 0 Å². The third-order valence-corrected chi connectivity index (χ3v) is 2.67. The van der Waals surface area contributed by atoms with Gasteiger partial charge in [0.15, 0.2) is 15.7 Å². The third kappa shape index (κ3) is 3.00. The van der Waals surface area contributed by atoms with Crippen LogP contribution in [0.3, 0.4) is 0 Å². The lowest BCUT2D eigenvalue weighted by atomic mass is 10.3. The minimum Gasteiger partial charge on any atom is -0.388 e. The van der Waals surface area contributed by atoms with E-state index in [1.165, 1.54) is 0 Å². The van der Waals surface area contributed by atoms with Gasteiger partial charge in [-0.2, -0.15) is 0 Å². The van der Waals surface area contributed by atoms with Gasteiger partial charge in [0, 0.05) is 12.3 Å². The van der Waals surface area contributed by atoms with Gasteiger partial charge in [-0.15, -0.1) is 10.2 Å². The number of nitrogens with zero attached hydrogens (tertiary/aromatic N) is 3. The number of aliphatic hydroxyl groups is 1. The molecule has 0 aromatic carbocycles. The van der Waals surface area contributed by atoms with Crippen LogP contribution in [-0.4, -0.2) is 34.5 Å². The van der Waals surface area contributed by atoms with E-state index in [2.05, 4.69) is 10.2 Å². The highest BCUT2D eigenvalue weighted by atomic mass is 32.2. The highest BCUT2D eigenvalue weighted by Gasteiger charge is 2.17. The first-order chi connectivity index (χ1) is 6.85. The van der Waals surface area contributed by atoms with Crippen molar-refractivity contribution < 1.29 is 13.5 Å². The van der Waals surface area contributed by atoms with Crippen LogP contribution in [0.25, 0.3) is 0 Å². The predicted octanol–water partition coefficient (Wildman–Crippen LogP) is -0.104. The number of aromatic nitrogens is 3. The van der Waals surface area contributed by atoms with Crippen LogP contribution >= 0.6 is 0 Å². The molecule has 0 aliphatic carbocycles. The zero-order chi connectivity index (χ0) is 11.6. The Morgan fingerprint density at radius 3 is 2.27 bits per heavy atom. The normalized spacial score (nSPS) is 12.3. The third-order valence-electron chi connectivity index (χ3n) is 1.89. The molecular formula is C8H15N3O3S. The second-order valence-electron chi connectivity index (χ2n) is 3.72. The summed E-state index contributed by atoms with van der Waals surface area (Å²) in [5.41, 5.74) is 0. The first-order valence-corrected chi connectivity index (χ1v) is 6.62. The lowest BCUT2D eigenvalue weighted by molar-refractivity contribution is 0.261. The van der Waals surface area contributed by atoms with Crippen molar-refractivity contribution in [1.82, 2.24) is 14.8 Å². The maximum atomic E-state index is 11.1. The van der Waals surface area contributed by atoms with Crippen molar-refractivity contribution in [2.45, 2.75) is 32.2 Å². The number of rotatable bonds is 4. The van der Waals surface area contributed by atoms with Crippen LogP contribution in [0.5, 0.6) is 0 Å². The summed E-state index contributed by atoms with van der Waals surface area (Å²) >= 11 is 0. The topological polar surface area (TPSA) is 85.1 Å². The second kappa shape index (κ2) is 4.28. The SMILES string of the molecule is CC(C)n1c(CO)nnc1CS(C)(=O)=O. The van der Waals surface area contributed by atoms with E-state index in [1.807, 2.05) is 13.8 Å². The molecule has 0 atom stereocenters. The van der Waals surface area contributed by atoms with Crippen molar-refractivity contribution in [3.05, 3.63) is 11.6 Å². The zero-order valence-corrected chi connectivity index (χ0v) is 9.82. The second-order valence-corrected chi connectivity index (χ2v) is 5.86. The van der Waals surface area contributed by atoms with E-state index in [1.54, 1.807) is 4.57 Å². The van der Waals surface area contributed by atoms with Gasteiger partial charge in [-0.1, -0.05) is 0 Å². The van der Waals surface area contributed by atoms with Gasteiger partial charge >= 0.3 is 0 Å². The Kier molecular flexibility index (Phi) is 3.46. The van der Waals surface area contributed by atoms with E-state index in [0.29, 0.717) is 11.6 Å². The molecule has 86 valence electrons. The summed E-state index contributed by atoms with van der Waals surface area (Å²) in [6, 6.07) is 0.0268. The van der Waals surface area contributed by atoms with Gasteiger partial charge in [-0.25, -0.2) is 8.42 Å². The largest absolute Gasteiger partial charge is 0.388 e. The van der Waals surface area contributed by atoms with Crippen molar-refractivity contribution in [3.63, 3.8) is 0 Å². The van der Waals surface area contributed by atoms with E-state index < -0.39 is 9.84 Å². The number of hydrogen-bond acceptors (Lipinski definition) is 5. The maximum absolute atomic E-state index is 11.1. The van der Waals surface area contributed by atoms with E-state index in [4.69, 9.17) is 5.11 Å². The summed E-state index contributed by atoms with van der Waals surface area (Å²) in [4.78, 5) is 0. The molecule has 1 aromatic rings. The summed E-state index contributed by atoms with van der Waals surface area (Å²) in [5, 5.41) is 16.5. The van der Waals surface area contributed by atoms with Gasteiger partial charge in [0.25, 0.3) is 0 Å². The molecule has 0 aliphatic heterocycles. The van der Waals surface area contributed by atoms with Gasteiger partial charge in [-0.3, -0.25) is 0 Å². The van der Waals surface area contributed by atoms with E-state index in [9.17, 15) is 8.42 Å². The molecule has 0 saturated carbocycles. The van der Waals surface area contributed by atoms with Crippen LogP contribution < -0.4 is 0 Å². The summed E-state index contributed by atoms with van der Waals surface area (Å²) in [7, 11) is -3.13. The Bertz CT molecular complexity index is 436. The molecule has 0 aliphatic rings. The molecule has 1 rings (SSSR count). The average molecular weight is 233 g/mol. The standard InChI is InChI=1S/C8H15N3O3S/c1-6(2)11-7(4-12)9-10-8(11)5-15(3,13)14/h6,12H,4-5H2,1-3H3. The fourth-order valence-corrected chi connectivity index (χ4v) is 2.06. The molecular weight excluding hydrogens is 218 g/mol. The quantitative estimate of drug-likeness (QED) is 0.784. The Hall–Kier alpha value is -0.950. The monoisotopic (exact) mass is 233 g/mol. The summed E-state index contributed by atoms with van der Waals surface area (Å²) < 4.78 is 23.9. The van der Waals surface area contributed by atoms with Crippen molar-refractivity contribution in [3.8, 4) is 0 Å². The molecule has 0 bridgehead atoms. The van der Waals surface area contributed by atoms with Gasteiger partial charge in [-0.05, 0) is 13.8 Å². The summed E-state index contributed by atoms with van der Waals surface area (Å²) in [6.45, 7) is 3.53. The molecule has 6 nitrogen and oxygen atoms in total. The van der Waals surface area contributed by atoms with Gasteiger partial charge in [0.05, 0.1) is 0 Å². The summed E-state index contributed by atoms with van der Waals surface area (Å²) in [6.07, 6.45) is 1.14. The molecule has 0 spiro atoms. The van der Waals surface area contributed by atoms with E-state index in [-0.39, 0.29) is 18.4 Å². The van der Waals surface area contributed by atoms with Crippen molar-refractivity contribution in [2.24, 2.45) is 0 Å². The lowest BCUT2D eigenvalue weighted by Gasteiger charge is -2.12. The fourth-order valence-electron chi connectivity index (χ4n) is 1.40. The molecule has 0 fully saturated rings. The molecule has 0 saturated heterocycles. The molecule has 1 aromatic heterocycles. The molecule has 15 heavy (non-hydrogen) atoms. The molecule has 1 N–H and O–H groups in total. The Balaban J connectivity index is 3.14. The van der Waals surface area contributed by atoms with Crippen LogP contribution in [-0.2, 0) is 22.2 Å². The molecule has 1 heterocycles. The fraction of sp³-hybridized carbons (Fsp3) is 0.750. The lowest BCUT2D eigenvalue weighted by Crippen LogP contribution is -2.13. The van der Waals surface area contributed by atoms with Crippen LogP contribution in [0, 0.1) is 0 Å². The summed E-state index contributed by atoms with van der Waals surface area (Å²) in [5.74, 6) is 0.609. The number of sulfone groups is 1. The van der Waals surface area contributed by atoms with E-state index in [0.717, 1.165) is 6.26 Å². The van der Waals surface area contributed by atoms with Crippen molar-refractivity contribution >= 4 is 9.84 Å². The first kappa shape index (κ1) is 12.1. The van der Waals surface area contributed by atoms with Gasteiger partial charge in [0.1, 0.15) is 18.2 Å². The number of aliphatic hydroxyl groups excluding tert-OH is 1. The minimum atomic E-state index is -3.13. The molecule has 0 amide bonds. The molecule has 7 heteroatoms. The maximum Gasteiger partial charge on any atom is 0.159 e. The van der Waals surface area contributed by atoms with Crippen LogP contribution in [0.15, 0.2) is 0 Å². The Morgan fingerprint density at radius 1 is 1.33 bits per heavy atom.